The maximum Gasteiger partial charge on any atom is 0.259 e. The van der Waals surface area contributed by atoms with E-state index in [1.807, 2.05) is 42.5 Å². The number of hydrogen-bond donors (Lipinski definition) is 1. The molecule has 0 saturated carbocycles. The lowest BCUT2D eigenvalue weighted by molar-refractivity contribution is 0.102. The summed E-state index contributed by atoms with van der Waals surface area (Å²) in [5, 5.41) is 6.86. The lowest BCUT2D eigenvalue weighted by Crippen LogP contribution is -2.15. The Labute approximate surface area is 133 Å². The van der Waals surface area contributed by atoms with Gasteiger partial charge in [0.05, 0.1) is 12.1 Å². The number of nitrogens with one attached hydrogen (secondary N) is 1. The van der Waals surface area contributed by atoms with Crippen LogP contribution in [-0.2, 0) is 6.54 Å². The third kappa shape index (κ3) is 3.94. The van der Waals surface area contributed by atoms with Crippen molar-refractivity contribution < 1.29 is 9.53 Å². The number of ether oxygens (including phenoxy) is 1. The fourth-order valence-electron chi connectivity index (χ4n) is 2.10. The Hall–Kier alpha value is -3.15. The van der Waals surface area contributed by atoms with Crippen LogP contribution in [0.15, 0.2) is 67.3 Å². The van der Waals surface area contributed by atoms with Gasteiger partial charge in [0.1, 0.15) is 25.0 Å². The number of anilines is 1. The normalized spacial score (nSPS) is 10.3. The molecule has 0 atom stereocenters. The van der Waals surface area contributed by atoms with Crippen molar-refractivity contribution >= 4 is 11.6 Å². The predicted octanol–water partition coefficient (Wildman–Crippen LogP) is 2.61. The fraction of sp³-hybridized carbons (Fsp3) is 0.118. The molecule has 0 bridgehead atoms. The first-order chi connectivity index (χ1) is 11.3. The average Bonchev–Trinajstić information content (AvgIpc) is 3.09. The van der Waals surface area contributed by atoms with Crippen LogP contribution in [0.1, 0.15) is 10.4 Å². The van der Waals surface area contributed by atoms with E-state index in [-0.39, 0.29) is 5.91 Å². The first kappa shape index (κ1) is 14.8. The zero-order chi connectivity index (χ0) is 15.9. The van der Waals surface area contributed by atoms with Crippen LogP contribution in [0.4, 0.5) is 5.69 Å². The Kier molecular flexibility index (Phi) is 4.63. The molecule has 1 N–H and O–H groups in total. The van der Waals surface area contributed by atoms with Crippen LogP contribution in [0, 0.1) is 0 Å². The molecule has 1 heterocycles. The Morgan fingerprint density at radius 3 is 2.65 bits per heavy atom. The van der Waals surface area contributed by atoms with E-state index in [0.29, 0.717) is 24.5 Å². The quantitative estimate of drug-likeness (QED) is 0.760. The first-order valence-corrected chi connectivity index (χ1v) is 7.23. The second-order valence-corrected chi connectivity index (χ2v) is 4.82. The van der Waals surface area contributed by atoms with Crippen LogP contribution >= 0.6 is 0 Å². The van der Waals surface area contributed by atoms with Gasteiger partial charge in [-0.3, -0.25) is 4.79 Å². The number of amides is 1. The minimum absolute atomic E-state index is 0.201. The third-order valence-electron chi connectivity index (χ3n) is 3.21. The minimum Gasteiger partial charge on any atom is -0.491 e. The molecule has 0 unspecified atom stereocenters. The largest absolute Gasteiger partial charge is 0.491 e. The highest BCUT2D eigenvalue weighted by molar-refractivity contribution is 6.06. The minimum atomic E-state index is -0.201. The molecule has 0 spiro atoms. The van der Waals surface area contributed by atoms with Crippen molar-refractivity contribution in [3.63, 3.8) is 0 Å². The van der Waals surface area contributed by atoms with Crippen molar-refractivity contribution in [2.45, 2.75) is 6.54 Å². The van der Waals surface area contributed by atoms with E-state index in [1.54, 1.807) is 23.1 Å². The fourth-order valence-corrected chi connectivity index (χ4v) is 2.10. The topological polar surface area (TPSA) is 69.0 Å². The summed E-state index contributed by atoms with van der Waals surface area (Å²) < 4.78 is 7.39. The summed E-state index contributed by atoms with van der Waals surface area (Å²) in [5.41, 5.74) is 1.24. The van der Waals surface area contributed by atoms with E-state index < -0.39 is 0 Å². The smallest absolute Gasteiger partial charge is 0.259 e. The summed E-state index contributed by atoms with van der Waals surface area (Å²) in [6, 6.07) is 16.5. The van der Waals surface area contributed by atoms with Gasteiger partial charge < -0.3 is 10.1 Å². The van der Waals surface area contributed by atoms with Crippen molar-refractivity contribution in [3.05, 3.63) is 72.8 Å². The summed E-state index contributed by atoms with van der Waals surface area (Å²) >= 11 is 0. The second-order valence-electron chi connectivity index (χ2n) is 4.82. The monoisotopic (exact) mass is 308 g/mol. The number of aromatic nitrogens is 3. The van der Waals surface area contributed by atoms with Gasteiger partial charge in [0, 0.05) is 5.69 Å². The molecule has 0 fully saturated rings. The van der Waals surface area contributed by atoms with Gasteiger partial charge in [-0.15, -0.1) is 0 Å². The van der Waals surface area contributed by atoms with Crippen molar-refractivity contribution in [1.82, 2.24) is 14.8 Å². The molecular weight excluding hydrogens is 292 g/mol. The van der Waals surface area contributed by atoms with E-state index in [2.05, 4.69) is 15.4 Å². The molecule has 6 heteroatoms. The predicted molar refractivity (Wildman–Crippen MR) is 86.4 cm³/mol. The Balaban J connectivity index is 1.66. The molecule has 0 aliphatic carbocycles. The van der Waals surface area contributed by atoms with Crippen LogP contribution < -0.4 is 10.1 Å². The number of hydrogen-bond acceptors (Lipinski definition) is 4. The highest BCUT2D eigenvalue weighted by atomic mass is 16.5. The van der Waals surface area contributed by atoms with Gasteiger partial charge in [0.2, 0.25) is 0 Å². The Bertz CT molecular complexity index is 757. The third-order valence-corrected chi connectivity index (χ3v) is 3.21. The van der Waals surface area contributed by atoms with E-state index in [1.165, 1.54) is 6.33 Å². The van der Waals surface area contributed by atoms with Gasteiger partial charge in [-0.05, 0) is 24.3 Å². The van der Waals surface area contributed by atoms with Gasteiger partial charge in [0.15, 0.2) is 0 Å². The summed E-state index contributed by atoms with van der Waals surface area (Å²) in [6.07, 6.45) is 3.10. The number of benzene rings is 2. The maximum atomic E-state index is 12.4. The van der Waals surface area contributed by atoms with Crippen molar-refractivity contribution in [2.75, 3.05) is 11.9 Å². The molecule has 3 rings (SSSR count). The zero-order valence-electron chi connectivity index (χ0n) is 12.4. The van der Waals surface area contributed by atoms with Crippen LogP contribution in [0.25, 0.3) is 0 Å². The van der Waals surface area contributed by atoms with E-state index in [4.69, 9.17) is 4.74 Å². The Morgan fingerprint density at radius 2 is 1.87 bits per heavy atom. The van der Waals surface area contributed by atoms with Gasteiger partial charge in [-0.25, -0.2) is 9.67 Å². The molecule has 116 valence electrons. The van der Waals surface area contributed by atoms with Gasteiger partial charge in [0.25, 0.3) is 5.91 Å². The second kappa shape index (κ2) is 7.22. The van der Waals surface area contributed by atoms with Crippen molar-refractivity contribution in [2.24, 2.45) is 0 Å². The zero-order valence-corrected chi connectivity index (χ0v) is 12.4. The molecule has 0 aliphatic heterocycles. The summed E-state index contributed by atoms with van der Waals surface area (Å²) in [5.74, 6) is 0.341. The molecule has 0 aliphatic rings. The molecule has 2 aromatic carbocycles. The highest BCUT2D eigenvalue weighted by Gasteiger charge is 2.12. The van der Waals surface area contributed by atoms with Crippen LogP contribution in [0.5, 0.6) is 5.75 Å². The van der Waals surface area contributed by atoms with E-state index in [0.717, 1.165) is 5.69 Å². The van der Waals surface area contributed by atoms with E-state index >= 15 is 0 Å². The lowest BCUT2D eigenvalue weighted by Gasteiger charge is -2.11. The molecule has 1 aromatic heterocycles. The van der Waals surface area contributed by atoms with Crippen molar-refractivity contribution in [3.8, 4) is 5.75 Å². The number of para-hydroxylation sites is 2. The van der Waals surface area contributed by atoms with Gasteiger partial charge >= 0.3 is 0 Å². The van der Waals surface area contributed by atoms with Gasteiger partial charge in [-0.2, -0.15) is 5.10 Å². The number of rotatable bonds is 6. The molecule has 23 heavy (non-hydrogen) atoms. The molecule has 6 nitrogen and oxygen atoms in total. The van der Waals surface area contributed by atoms with Crippen molar-refractivity contribution in [1.29, 1.82) is 0 Å². The number of nitrogens with zero attached hydrogens (tertiary/aromatic N) is 3. The van der Waals surface area contributed by atoms with Crippen LogP contribution in [0.3, 0.4) is 0 Å². The number of carbonyl (C=O) groups is 1. The van der Waals surface area contributed by atoms with Crippen LogP contribution in [0.2, 0.25) is 0 Å². The number of carbonyl (C=O) groups excluding carboxylic acids is 1. The summed E-state index contributed by atoms with van der Waals surface area (Å²) in [4.78, 5) is 16.3. The van der Waals surface area contributed by atoms with Crippen LogP contribution in [-0.4, -0.2) is 27.3 Å². The Morgan fingerprint density at radius 1 is 1.09 bits per heavy atom. The average molecular weight is 308 g/mol. The highest BCUT2D eigenvalue weighted by Crippen LogP contribution is 2.19. The van der Waals surface area contributed by atoms with Gasteiger partial charge in [-0.1, -0.05) is 30.3 Å². The molecule has 0 saturated heterocycles. The maximum absolute atomic E-state index is 12.4. The summed E-state index contributed by atoms with van der Waals surface area (Å²) in [6.45, 7) is 0.966. The molecule has 0 radical (unpaired) electrons. The molecule has 1 amide bonds. The SMILES string of the molecule is O=C(Nc1ccccc1)c1ccccc1OCCn1cncn1. The lowest BCUT2D eigenvalue weighted by atomic mass is 10.2. The first-order valence-electron chi connectivity index (χ1n) is 7.23. The van der Waals surface area contributed by atoms with E-state index in [9.17, 15) is 4.79 Å². The molecule has 3 aromatic rings. The molecular formula is C17H16N4O2. The summed E-state index contributed by atoms with van der Waals surface area (Å²) in [7, 11) is 0. The standard InChI is InChI=1S/C17H16N4O2/c22-17(20-14-6-2-1-3-7-14)15-8-4-5-9-16(15)23-11-10-21-13-18-12-19-21/h1-9,12-13H,10-11H2,(H,20,22).